The van der Waals surface area contributed by atoms with Crippen LogP contribution in [0.2, 0.25) is 0 Å². The van der Waals surface area contributed by atoms with Gasteiger partial charge in [0, 0.05) is 12.4 Å². The number of aromatic nitrogens is 2. The van der Waals surface area contributed by atoms with Crippen molar-refractivity contribution in [2.45, 2.75) is 71.4 Å². The number of nitrogens with two attached hydrogens (primary N) is 1. The lowest BCUT2D eigenvalue weighted by Crippen LogP contribution is -2.43. The van der Waals surface area contributed by atoms with E-state index in [9.17, 15) is 45.5 Å². The first-order valence-electron chi connectivity index (χ1n) is 17.6. The van der Waals surface area contributed by atoms with E-state index in [1.54, 1.807) is 24.3 Å². The van der Waals surface area contributed by atoms with Gasteiger partial charge in [-0.1, -0.05) is 45.7 Å². The molecule has 0 aliphatic heterocycles. The molecule has 17 heteroatoms. The second-order valence-corrected chi connectivity index (χ2v) is 12.1. The van der Waals surface area contributed by atoms with E-state index in [-0.39, 0.29) is 25.2 Å². The number of unbranched alkanes of at least 4 members (excludes halogenated alkanes) is 3. The van der Waals surface area contributed by atoms with Gasteiger partial charge in [-0.25, -0.2) is 17.6 Å². The summed E-state index contributed by atoms with van der Waals surface area (Å²) >= 11 is 0. The molecule has 0 saturated carbocycles. The van der Waals surface area contributed by atoms with E-state index < -0.39 is 95.1 Å². The SMILES string of the molecule is C.CCCCC[C@H](NC(=O)c1ccccn1)C(=O)COc1c(F)ccc(F)c1F.NCCCC[C@H](NC(=O)c1ccccn1)C(=O)COc1c(F)ccc(F)c1F. The third kappa shape index (κ3) is 15.0. The molecule has 2 amide bonds. The Labute approximate surface area is 326 Å². The minimum absolute atomic E-state index is 0. The number of hydrogen-bond acceptors (Lipinski definition) is 9. The highest BCUT2D eigenvalue weighted by atomic mass is 19.2. The normalized spacial score (nSPS) is 11.5. The van der Waals surface area contributed by atoms with Gasteiger partial charge >= 0.3 is 0 Å². The number of nitrogens with one attached hydrogen (secondary N) is 2. The summed E-state index contributed by atoms with van der Waals surface area (Å²) in [5.74, 6) is -12.1. The van der Waals surface area contributed by atoms with Crippen LogP contribution in [0.4, 0.5) is 26.3 Å². The zero-order valence-corrected chi connectivity index (χ0v) is 30.3. The fraction of sp³-hybridized carbons (Fsp3) is 0.350. The molecule has 0 saturated heterocycles. The Morgan fingerprint density at radius 2 is 1.02 bits per heavy atom. The zero-order valence-electron chi connectivity index (χ0n) is 30.3. The topological polar surface area (TPSA) is 163 Å². The lowest BCUT2D eigenvalue weighted by molar-refractivity contribution is -0.123. The first-order valence-corrected chi connectivity index (χ1v) is 17.6. The van der Waals surface area contributed by atoms with Crippen molar-refractivity contribution in [2.75, 3.05) is 19.8 Å². The molecule has 308 valence electrons. The highest BCUT2D eigenvalue weighted by Gasteiger charge is 2.25. The maximum atomic E-state index is 13.7. The molecule has 0 radical (unpaired) electrons. The van der Waals surface area contributed by atoms with Gasteiger partial charge in [-0.3, -0.25) is 29.1 Å². The van der Waals surface area contributed by atoms with Crippen LogP contribution in [-0.4, -0.2) is 65.2 Å². The number of nitrogens with zero attached hydrogens (tertiary/aromatic N) is 2. The molecule has 0 unspecified atom stereocenters. The average molecular weight is 806 g/mol. The summed E-state index contributed by atoms with van der Waals surface area (Å²) in [7, 11) is 0. The fourth-order valence-corrected chi connectivity index (χ4v) is 4.95. The maximum absolute atomic E-state index is 13.7. The van der Waals surface area contributed by atoms with Gasteiger partial charge in [0.15, 0.2) is 46.3 Å². The highest BCUT2D eigenvalue weighted by Crippen LogP contribution is 2.25. The van der Waals surface area contributed by atoms with E-state index in [1.165, 1.54) is 24.5 Å². The Balaban J connectivity index is 0.000000387. The third-order valence-corrected chi connectivity index (χ3v) is 7.95. The van der Waals surface area contributed by atoms with Crippen LogP contribution in [0.15, 0.2) is 73.1 Å². The van der Waals surface area contributed by atoms with Gasteiger partial charge in [0.25, 0.3) is 11.8 Å². The van der Waals surface area contributed by atoms with Gasteiger partial charge < -0.3 is 25.8 Å². The number of Topliss-reactive ketones (excluding diaryl/α,β-unsaturated/α-hetero) is 2. The molecule has 2 heterocycles. The second kappa shape index (κ2) is 24.6. The summed E-state index contributed by atoms with van der Waals surface area (Å²) < 4.78 is 90.8. The van der Waals surface area contributed by atoms with E-state index in [2.05, 4.69) is 20.6 Å². The van der Waals surface area contributed by atoms with Crippen molar-refractivity contribution in [3.8, 4) is 11.5 Å². The third-order valence-electron chi connectivity index (χ3n) is 7.95. The van der Waals surface area contributed by atoms with E-state index >= 15 is 0 Å². The van der Waals surface area contributed by atoms with Crippen LogP contribution in [0, 0.1) is 34.9 Å². The Morgan fingerprint density at radius 1 is 0.614 bits per heavy atom. The summed E-state index contributed by atoms with van der Waals surface area (Å²) in [6.07, 6.45) is 7.05. The number of hydrogen-bond donors (Lipinski definition) is 3. The molecule has 2 aromatic heterocycles. The standard InChI is InChI=1S/C20H21F3N2O3.C19H20F3N3O3.CH4/c1-2-3-4-7-15(25-20(27)16-8-5-6-11-24-16)17(26)12-28-19-14(22)10-9-13(21)18(19)23;20-12-7-8-13(21)18(17(12)22)28-11-16(26)14(5-1-3-9-23)25-19(27)15-6-2-4-10-24-15;/h5-6,8-11,15H,2-4,7,12H2,1H3,(H,25,27);2,4,6-8,10,14H,1,3,5,9,11,23H2,(H,25,27);1H4/t15-;14-;/m00./s1. The highest BCUT2D eigenvalue weighted by molar-refractivity contribution is 5.97. The van der Waals surface area contributed by atoms with Crippen LogP contribution >= 0.6 is 0 Å². The molecule has 0 aliphatic rings. The van der Waals surface area contributed by atoms with Gasteiger partial charge in [0.2, 0.25) is 11.6 Å². The summed E-state index contributed by atoms with van der Waals surface area (Å²) in [6, 6.07) is 10.3. The largest absolute Gasteiger partial charge is 0.480 e. The Hall–Kier alpha value is -5.84. The van der Waals surface area contributed by atoms with Crippen molar-refractivity contribution >= 4 is 23.4 Å². The molecule has 2 atom stereocenters. The summed E-state index contributed by atoms with van der Waals surface area (Å²) in [5, 5.41) is 5.11. The number of benzene rings is 2. The van der Waals surface area contributed by atoms with Gasteiger partial charge in [0.1, 0.15) is 24.6 Å². The molecule has 11 nitrogen and oxygen atoms in total. The Bertz CT molecular complexity index is 1770. The van der Waals surface area contributed by atoms with Crippen molar-refractivity contribution in [1.29, 1.82) is 0 Å². The van der Waals surface area contributed by atoms with Gasteiger partial charge in [0.05, 0.1) is 12.1 Å². The first-order chi connectivity index (χ1) is 26.9. The van der Waals surface area contributed by atoms with E-state index in [1.807, 2.05) is 6.92 Å². The van der Waals surface area contributed by atoms with Crippen LogP contribution in [0.1, 0.15) is 80.3 Å². The van der Waals surface area contributed by atoms with Crippen molar-refractivity contribution in [3.63, 3.8) is 0 Å². The number of pyridine rings is 2. The van der Waals surface area contributed by atoms with Gasteiger partial charge in [-0.2, -0.15) is 8.78 Å². The molecule has 57 heavy (non-hydrogen) atoms. The van der Waals surface area contributed by atoms with Crippen molar-refractivity contribution < 1.29 is 55.0 Å². The van der Waals surface area contributed by atoms with E-state index in [0.29, 0.717) is 56.5 Å². The summed E-state index contributed by atoms with van der Waals surface area (Å²) in [5.41, 5.74) is 5.69. The van der Waals surface area contributed by atoms with Crippen LogP contribution in [-0.2, 0) is 9.59 Å². The summed E-state index contributed by atoms with van der Waals surface area (Å²) in [4.78, 5) is 57.3. The first kappa shape index (κ1) is 47.3. The number of halogens is 6. The number of ether oxygens (including phenoxy) is 2. The quantitative estimate of drug-likeness (QED) is 0.0494. The molecule has 4 aromatic rings. The van der Waals surface area contributed by atoms with Crippen molar-refractivity contribution in [3.05, 3.63) is 119 Å². The zero-order chi connectivity index (χ0) is 41.0. The lowest BCUT2D eigenvalue weighted by atomic mass is 10.0. The van der Waals surface area contributed by atoms with Gasteiger partial charge in [-0.15, -0.1) is 0 Å². The number of rotatable bonds is 20. The molecule has 2 aromatic carbocycles. The number of amides is 2. The Kier molecular flexibility index (Phi) is 20.4. The van der Waals surface area contributed by atoms with Gasteiger partial charge in [-0.05, 0) is 80.8 Å². The molecular formula is C40H45F6N5O6. The minimum Gasteiger partial charge on any atom is -0.480 e. The predicted octanol–water partition coefficient (Wildman–Crippen LogP) is 6.84. The molecule has 0 bridgehead atoms. The predicted molar refractivity (Wildman–Crippen MR) is 198 cm³/mol. The summed E-state index contributed by atoms with van der Waals surface area (Å²) in [6.45, 7) is 0.941. The van der Waals surface area contributed by atoms with Crippen molar-refractivity contribution in [1.82, 2.24) is 20.6 Å². The van der Waals surface area contributed by atoms with Crippen LogP contribution < -0.4 is 25.8 Å². The fourth-order valence-electron chi connectivity index (χ4n) is 4.95. The molecule has 4 rings (SSSR count). The number of ketones is 2. The Morgan fingerprint density at radius 3 is 1.39 bits per heavy atom. The molecule has 0 fully saturated rings. The number of carbonyl (C=O) groups is 4. The molecular weight excluding hydrogens is 760 g/mol. The second-order valence-electron chi connectivity index (χ2n) is 12.1. The van der Waals surface area contributed by atoms with E-state index in [4.69, 9.17) is 15.2 Å². The smallest absolute Gasteiger partial charge is 0.270 e. The average Bonchev–Trinajstić information content (AvgIpc) is 3.20. The van der Waals surface area contributed by atoms with Crippen LogP contribution in [0.25, 0.3) is 0 Å². The monoisotopic (exact) mass is 805 g/mol. The molecule has 0 spiro atoms. The van der Waals surface area contributed by atoms with Crippen molar-refractivity contribution in [2.24, 2.45) is 5.73 Å². The lowest BCUT2D eigenvalue weighted by Gasteiger charge is -2.18. The molecule has 0 aliphatic carbocycles. The number of carbonyl (C=O) groups excluding carboxylic acids is 4. The maximum Gasteiger partial charge on any atom is 0.270 e. The van der Waals surface area contributed by atoms with E-state index in [0.717, 1.165) is 12.8 Å². The minimum atomic E-state index is -1.52. The van der Waals surface area contributed by atoms with Crippen LogP contribution in [0.5, 0.6) is 11.5 Å². The van der Waals surface area contributed by atoms with Crippen LogP contribution in [0.3, 0.4) is 0 Å². The molecule has 4 N–H and O–H groups in total.